The quantitative estimate of drug-likeness (QED) is 0.452. The molecule has 2 aromatic carbocycles. The molecule has 150 valence electrons. The Bertz CT molecular complexity index is 948. The molecule has 1 nitrogen and oxygen atoms in total. The van der Waals surface area contributed by atoms with Crippen molar-refractivity contribution in [3.8, 4) is 0 Å². The molecule has 0 spiro atoms. The summed E-state index contributed by atoms with van der Waals surface area (Å²) in [7, 11) is 0. The molecule has 0 heterocycles. The third-order valence-corrected chi connectivity index (χ3v) is 4.98. The summed E-state index contributed by atoms with van der Waals surface area (Å²) in [4.78, 5) is 0. The van der Waals surface area contributed by atoms with Crippen molar-refractivity contribution in [2.45, 2.75) is 41.0 Å². The zero-order valence-electron chi connectivity index (χ0n) is 18.5. The minimum atomic E-state index is 0.912. The van der Waals surface area contributed by atoms with Crippen LogP contribution in [0.25, 0.3) is 11.1 Å². The van der Waals surface area contributed by atoms with E-state index in [1.165, 1.54) is 27.8 Å². The van der Waals surface area contributed by atoms with Crippen LogP contribution >= 0.6 is 0 Å². The highest BCUT2D eigenvalue weighted by Gasteiger charge is 2.10. The summed E-state index contributed by atoms with van der Waals surface area (Å²) in [6.45, 7) is 18.7. The monoisotopic (exact) mass is 383 g/mol. The molecule has 0 amide bonds. The topological polar surface area (TPSA) is 12.0 Å². The van der Waals surface area contributed by atoms with Gasteiger partial charge in [-0.2, -0.15) is 0 Å². The number of nitrogens with one attached hydrogen (secondary N) is 1. The van der Waals surface area contributed by atoms with Crippen molar-refractivity contribution in [1.82, 2.24) is 0 Å². The molecule has 0 atom stereocenters. The average Bonchev–Trinajstić information content (AvgIpc) is 2.72. The molecule has 0 aliphatic heterocycles. The smallest absolute Gasteiger partial charge is 0.0382 e. The van der Waals surface area contributed by atoms with Crippen molar-refractivity contribution < 1.29 is 0 Å². The van der Waals surface area contributed by atoms with Crippen LogP contribution < -0.4 is 5.32 Å². The number of allylic oxidation sites excluding steroid dienone is 8. The van der Waals surface area contributed by atoms with Gasteiger partial charge in [-0.05, 0) is 80.2 Å². The Labute approximate surface area is 176 Å². The van der Waals surface area contributed by atoms with E-state index >= 15 is 0 Å². The number of anilines is 1. The van der Waals surface area contributed by atoms with Crippen LogP contribution in [0.15, 0.2) is 96.8 Å². The van der Waals surface area contributed by atoms with Crippen LogP contribution in [0.4, 0.5) is 5.69 Å². The number of rotatable bonds is 8. The maximum absolute atomic E-state index is 4.25. The van der Waals surface area contributed by atoms with Crippen molar-refractivity contribution >= 4 is 16.8 Å². The van der Waals surface area contributed by atoms with Crippen molar-refractivity contribution in [2.24, 2.45) is 0 Å². The van der Waals surface area contributed by atoms with Gasteiger partial charge in [0.05, 0.1) is 0 Å². The molecule has 0 fully saturated rings. The number of hydrogen-bond acceptors (Lipinski definition) is 1. The highest BCUT2D eigenvalue weighted by molar-refractivity contribution is 5.88. The SMILES string of the molecule is C=C(CC)Nc1ccc(C(=C/C)/C(=C/C(=C\C)c2ccc(C)cc2)C(=C)C)cc1. The maximum Gasteiger partial charge on any atom is 0.0382 e. The summed E-state index contributed by atoms with van der Waals surface area (Å²) in [5.41, 5.74) is 10.3. The first-order valence-corrected chi connectivity index (χ1v) is 10.2. The second-order valence-corrected chi connectivity index (χ2v) is 7.31. The van der Waals surface area contributed by atoms with Crippen LogP contribution in [0.2, 0.25) is 0 Å². The maximum atomic E-state index is 4.25. The van der Waals surface area contributed by atoms with Gasteiger partial charge in [-0.15, -0.1) is 0 Å². The summed E-state index contributed by atoms with van der Waals surface area (Å²) in [6.07, 6.45) is 7.48. The summed E-state index contributed by atoms with van der Waals surface area (Å²) in [5.74, 6) is 0. The highest BCUT2D eigenvalue weighted by atomic mass is 14.9. The Morgan fingerprint density at radius 1 is 0.897 bits per heavy atom. The Kier molecular flexibility index (Phi) is 8.03. The largest absolute Gasteiger partial charge is 0.359 e. The lowest BCUT2D eigenvalue weighted by Crippen LogP contribution is -1.97. The Hall–Kier alpha value is -3.06. The molecule has 2 aromatic rings. The van der Waals surface area contributed by atoms with Crippen molar-refractivity contribution in [1.29, 1.82) is 0 Å². The fourth-order valence-electron chi connectivity index (χ4n) is 3.17. The van der Waals surface area contributed by atoms with E-state index in [0.717, 1.165) is 29.0 Å². The minimum Gasteiger partial charge on any atom is -0.359 e. The lowest BCUT2D eigenvalue weighted by Gasteiger charge is -2.15. The summed E-state index contributed by atoms with van der Waals surface area (Å²) >= 11 is 0. The lowest BCUT2D eigenvalue weighted by atomic mass is 9.90. The zero-order valence-corrected chi connectivity index (χ0v) is 18.5. The standard InChI is InChI=1S/C28H33N/c1-8-22(7)29-26-17-15-25(16-18-26)27(10-3)28(20(4)5)19-23(9-2)24-13-11-21(6)12-14-24/h9-19,29H,4,7-8H2,1-3,5-6H3/b23-9+,27-10-,28-19+. The normalized spacial score (nSPS) is 12.7. The molecule has 0 saturated carbocycles. The molecule has 1 N–H and O–H groups in total. The van der Waals surface area contributed by atoms with E-state index in [2.05, 4.69) is 120 Å². The van der Waals surface area contributed by atoms with E-state index in [9.17, 15) is 0 Å². The van der Waals surface area contributed by atoms with Crippen molar-refractivity contribution in [3.63, 3.8) is 0 Å². The minimum absolute atomic E-state index is 0.912. The Balaban J connectivity index is 2.41. The number of benzene rings is 2. The Morgan fingerprint density at radius 2 is 1.48 bits per heavy atom. The van der Waals surface area contributed by atoms with Gasteiger partial charge in [-0.1, -0.05) is 79.8 Å². The third-order valence-electron chi connectivity index (χ3n) is 4.98. The van der Waals surface area contributed by atoms with Gasteiger partial charge in [0.25, 0.3) is 0 Å². The second kappa shape index (κ2) is 10.5. The molecule has 0 unspecified atom stereocenters. The zero-order chi connectivity index (χ0) is 21.4. The molecule has 1 heteroatoms. The van der Waals surface area contributed by atoms with E-state index in [0.29, 0.717) is 0 Å². The van der Waals surface area contributed by atoms with Gasteiger partial charge < -0.3 is 5.32 Å². The van der Waals surface area contributed by atoms with Gasteiger partial charge in [0, 0.05) is 11.4 Å². The van der Waals surface area contributed by atoms with Crippen LogP contribution in [0.3, 0.4) is 0 Å². The molecule has 29 heavy (non-hydrogen) atoms. The van der Waals surface area contributed by atoms with Gasteiger partial charge in [0.15, 0.2) is 0 Å². The summed E-state index contributed by atoms with van der Waals surface area (Å²) < 4.78 is 0. The lowest BCUT2D eigenvalue weighted by molar-refractivity contribution is 1.11. The molecule has 0 saturated heterocycles. The number of hydrogen-bond donors (Lipinski definition) is 1. The molecule has 0 aromatic heterocycles. The molecule has 0 radical (unpaired) electrons. The van der Waals surface area contributed by atoms with E-state index in [4.69, 9.17) is 0 Å². The van der Waals surface area contributed by atoms with Crippen LogP contribution in [-0.2, 0) is 0 Å². The molecular formula is C28H33N. The van der Waals surface area contributed by atoms with Crippen LogP contribution in [0.5, 0.6) is 0 Å². The van der Waals surface area contributed by atoms with Crippen LogP contribution in [0, 0.1) is 6.92 Å². The fraction of sp³-hybridized carbons (Fsp3) is 0.214. The number of aryl methyl sites for hydroxylation is 1. The highest BCUT2D eigenvalue weighted by Crippen LogP contribution is 2.32. The first kappa shape index (κ1) is 22.2. The summed E-state index contributed by atoms with van der Waals surface area (Å²) in [5, 5.41) is 3.34. The van der Waals surface area contributed by atoms with E-state index in [1.54, 1.807) is 0 Å². The van der Waals surface area contributed by atoms with Crippen LogP contribution in [0.1, 0.15) is 50.8 Å². The van der Waals surface area contributed by atoms with Crippen LogP contribution in [-0.4, -0.2) is 0 Å². The first-order chi connectivity index (χ1) is 13.9. The van der Waals surface area contributed by atoms with Gasteiger partial charge in [-0.3, -0.25) is 0 Å². The fourth-order valence-corrected chi connectivity index (χ4v) is 3.17. The van der Waals surface area contributed by atoms with E-state index in [1.807, 2.05) is 0 Å². The predicted molar refractivity (Wildman–Crippen MR) is 131 cm³/mol. The van der Waals surface area contributed by atoms with Gasteiger partial charge >= 0.3 is 0 Å². The third kappa shape index (κ3) is 5.96. The van der Waals surface area contributed by atoms with Gasteiger partial charge in [-0.25, -0.2) is 0 Å². The van der Waals surface area contributed by atoms with Crippen molar-refractivity contribution in [3.05, 3.63) is 113 Å². The summed E-state index contributed by atoms with van der Waals surface area (Å²) in [6, 6.07) is 17.2. The first-order valence-electron chi connectivity index (χ1n) is 10.2. The average molecular weight is 384 g/mol. The van der Waals surface area contributed by atoms with E-state index in [-0.39, 0.29) is 0 Å². The van der Waals surface area contributed by atoms with Gasteiger partial charge in [0.1, 0.15) is 0 Å². The Morgan fingerprint density at radius 3 is 1.97 bits per heavy atom. The molecule has 0 aliphatic carbocycles. The van der Waals surface area contributed by atoms with Crippen molar-refractivity contribution in [2.75, 3.05) is 5.32 Å². The molecule has 0 aliphatic rings. The predicted octanol–water partition coefficient (Wildman–Crippen LogP) is 8.34. The molecule has 2 rings (SSSR count). The van der Waals surface area contributed by atoms with Gasteiger partial charge in [0.2, 0.25) is 0 Å². The second-order valence-electron chi connectivity index (χ2n) is 7.31. The van der Waals surface area contributed by atoms with E-state index < -0.39 is 0 Å². The molecular weight excluding hydrogens is 350 g/mol. The molecule has 0 bridgehead atoms.